The number of likely N-dealkylation sites (N-methyl/N-ethyl adjacent to an activating group) is 1. The zero-order chi connectivity index (χ0) is 15.2. The summed E-state index contributed by atoms with van der Waals surface area (Å²) in [6.07, 6.45) is -0.222. The van der Waals surface area contributed by atoms with Gasteiger partial charge in [-0.3, -0.25) is 0 Å². The van der Waals surface area contributed by atoms with Crippen molar-refractivity contribution >= 4 is 0 Å². The fraction of sp³-hybridized carbons (Fsp3) is 0.294. The standard InChI is InChI=1S/C17H20FNO2/c1-12(21-16-7-5-4-6-15(16)18)17(19-2)13-8-10-14(20-3)11-9-13/h4-12,17,19H,1-3H3. The van der Waals surface area contributed by atoms with Gasteiger partial charge in [-0.1, -0.05) is 24.3 Å². The minimum atomic E-state index is -0.353. The Bertz CT molecular complexity index is 571. The highest BCUT2D eigenvalue weighted by Gasteiger charge is 2.20. The van der Waals surface area contributed by atoms with Gasteiger partial charge in [-0.15, -0.1) is 0 Å². The highest BCUT2D eigenvalue weighted by molar-refractivity contribution is 5.30. The van der Waals surface area contributed by atoms with E-state index in [1.54, 1.807) is 25.3 Å². The Morgan fingerprint density at radius 1 is 1.05 bits per heavy atom. The Hall–Kier alpha value is -2.07. The van der Waals surface area contributed by atoms with Crippen molar-refractivity contribution in [3.63, 3.8) is 0 Å². The fourth-order valence-corrected chi connectivity index (χ4v) is 2.29. The number of para-hydroxylation sites is 1. The lowest BCUT2D eigenvalue weighted by Gasteiger charge is -2.25. The molecule has 0 aliphatic rings. The van der Waals surface area contributed by atoms with E-state index in [1.165, 1.54) is 6.07 Å². The summed E-state index contributed by atoms with van der Waals surface area (Å²) >= 11 is 0. The maximum absolute atomic E-state index is 13.7. The van der Waals surface area contributed by atoms with E-state index in [0.717, 1.165) is 11.3 Å². The predicted molar refractivity (Wildman–Crippen MR) is 81.3 cm³/mol. The lowest BCUT2D eigenvalue weighted by atomic mass is 10.0. The first kappa shape index (κ1) is 15.3. The third-order valence-electron chi connectivity index (χ3n) is 3.40. The first-order valence-corrected chi connectivity index (χ1v) is 6.88. The number of nitrogens with one attached hydrogen (secondary N) is 1. The molecule has 0 aliphatic carbocycles. The molecule has 21 heavy (non-hydrogen) atoms. The van der Waals surface area contributed by atoms with Gasteiger partial charge < -0.3 is 14.8 Å². The normalized spacial score (nSPS) is 13.5. The number of benzene rings is 2. The van der Waals surface area contributed by atoms with Crippen LogP contribution in [0, 0.1) is 5.82 Å². The van der Waals surface area contributed by atoms with Gasteiger partial charge in [-0.2, -0.15) is 0 Å². The second-order valence-corrected chi connectivity index (χ2v) is 4.79. The van der Waals surface area contributed by atoms with E-state index in [1.807, 2.05) is 38.2 Å². The topological polar surface area (TPSA) is 30.5 Å². The van der Waals surface area contributed by atoms with Crippen LogP contribution in [0.15, 0.2) is 48.5 Å². The van der Waals surface area contributed by atoms with Crippen molar-refractivity contribution in [2.24, 2.45) is 0 Å². The SMILES string of the molecule is CNC(c1ccc(OC)cc1)C(C)Oc1ccccc1F. The highest BCUT2D eigenvalue weighted by atomic mass is 19.1. The van der Waals surface area contributed by atoms with Gasteiger partial charge in [0.2, 0.25) is 0 Å². The zero-order valence-corrected chi connectivity index (χ0v) is 12.5. The number of methoxy groups -OCH3 is 1. The Morgan fingerprint density at radius 2 is 1.71 bits per heavy atom. The summed E-state index contributed by atoms with van der Waals surface area (Å²) in [6, 6.07) is 14.1. The van der Waals surface area contributed by atoms with Crippen LogP contribution in [-0.4, -0.2) is 20.3 Å². The van der Waals surface area contributed by atoms with E-state index >= 15 is 0 Å². The molecular formula is C17H20FNO2. The second-order valence-electron chi connectivity index (χ2n) is 4.79. The Morgan fingerprint density at radius 3 is 2.29 bits per heavy atom. The largest absolute Gasteiger partial charge is 0.497 e. The number of rotatable bonds is 6. The molecule has 0 heterocycles. The van der Waals surface area contributed by atoms with E-state index in [0.29, 0.717) is 0 Å². The van der Waals surface area contributed by atoms with Gasteiger partial charge in [0.05, 0.1) is 13.2 Å². The van der Waals surface area contributed by atoms with Crippen LogP contribution in [0.1, 0.15) is 18.5 Å². The molecule has 2 unspecified atom stereocenters. The molecular weight excluding hydrogens is 269 g/mol. The van der Waals surface area contributed by atoms with E-state index in [2.05, 4.69) is 5.32 Å². The minimum absolute atomic E-state index is 0.0458. The first-order valence-electron chi connectivity index (χ1n) is 6.88. The molecule has 2 aromatic carbocycles. The lowest BCUT2D eigenvalue weighted by Crippen LogP contribution is -2.31. The molecule has 0 amide bonds. The van der Waals surface area contributed by atoms with E-state index in [9.17, 15) is 4.39 Å². The number of hydrogen-bond acceptors (Lipinski definition) is 3. The van der Waals surface area contributed by atoms with Crippen LogP contribution in [0.5, 0.6) is 11.5 Å². The molecule has 0 spiro atoms. The fourth-order valence-electron chi connectivity index (χ4n) is 2.29. The highest BCUT2D eigenvalue weighted by Crippen LogP contribution is 2.25. The summed E-state index contributed by atoms with van der Waals surface area (Å²) in [5.41, 5.74) is 1.06. The van der Waals surface area contributed by atoms with E-state index in [4.69, 9.17) is 9.47 Å². The van der Waals surface area contributed by atoms with Gasteiger partial charge in [0.1, 0.15) is 11.9 Å². The molecule has 2 atom stereocenters. The molecule has 0 radical (unpaired) electrons. The molecule has 0 bridgehead atoms. The molecule has 1 N–H and O–H groups in total. The Balaban J connectivity index is 2.14. The quantitative estimate of drug-likeness (QED) is 0.882. The van der Waals surface area contributed by atoms with Crippen molar-refractivity contribution in [3.05, 3.63) is 59.9 Å². The van der Waals surface area contributed by atoms with Crippen LogP contribution in [0.4, 0.5) is 4.39 Å². The number of ether oxygens (including phenoxy) is 2. The van der Waals surface area contributed by atoms with Gasteiger partial charge >= 0.3 is 0 Å². The molecule has 0 aromatic heterocycles. The van der Waals surface area contributed by atoms with Crippen molar-refractivity contribution in [2.75, 3.05) is 14.2 Å². The zero-order valence-electron chi connectivity index (χ0n) is 12.5. The van der Waals surface area contributed by atoms with Gasteiger partial charge in [-0.05, 0) is 43.8 Å². The predicted octanol–water partition coefficient (Wildman–Crippen LogP) is 3.56. The molecule has 0 aliphatic heterocycles. The van der Waals surface area contributed by atoms with E-state index < -0.39 is 0 Å². The summed E-state index contributed by atoms with van der Waals surface area (Å²) in [4.78, 5) is 0. The Kier molecular flexibility index (Phi) is 5.17. The summed E-state index contributed by atoms with van der Waals surface area (Å²) in [5, 5.41) is 3.21. The van der Waals surface area contributed by atoms with Crippen molar-refractivity contribution in [2.45, 2.75) is 19.1 Å². The van der Waals surface area contributed by atoms with Crippen LogP contribution in [0.2, 0.25) is 0 Å². The monoisotopic (exact) mass is 289 g/mol. The van der Waals surface area contributed by atoms with Crippen LogP contribution in [0.25, 0.3) is 0 Å². The van der Waals surface area contributed by atoms with Gasteiger partial charge in [0.25, 0.3) is 0 Å². The maximum atomic E-state index is 13.7. The summed E-state index contributed by atoms with van der Waals surface area (Å²) in [7, 11) is 3.49. The number of halogens is 1. The molecule has 4 heteroatoms. The van der Waals surface area contributed by atoms with Crippen molar-refractivity contribution in [1.82, 2.24) is 5.32 Å². The van der Waals surface area contributed by atoms with E-state index in [-0.39, 0.29) is 23.7 Å². The summed E-state index contributed by atoms with van der Waals surface area (Å²) in [5.74, 6) is 0.712. The van der Waals surface area contributed by atoms with Crippen molar-refractivity contribution in [1.29, 1.82) is 0 Å². The summed E-state index contributed by atoms with van der Waals surface area (Å²) < 4.78 is 24.6. The van der Waals surface area contributed by atoms with Crippen molar-refractivity contribution < 1.29 is 13.9 Å². The van der Waals surface area contributed by atoms with Crippen LogP contribution in [-0.2, 0) is 0 Å². The summed E-state index contributed by atoms with van der Waals surface area (Å²) in [6.45, 7) is 1.91. The average Bonchev–Trinajstić information content (AvgIpc) is 2.51. The molecule has 2 rings (SSSR count). The van der Waals surface area contributed by atoms with Crippen LogP contribution >= 0.6 is 0 Å². The van der Waals surface area contributed by atoms with Gasteiger partial charge in [0, 0.05) is 0 Å². The van der Waals surface area contributed by atoms with Gasteiger partial charge in [0.15, 0.2) is 11.6 Å². The third kappa shape index (κ3) is 3.73. The molecule has 0 saturated heterocycles. The molecule has 3 nitrogen and oxygen atoms in total. The van der Waals surface area contributed by atoms with Crippen molar-refractivity contribution in [3.8, 4) is 11.5 Å². The lowest BCUT2D eigenvalue weighted by molar-refractivity contribution is 0.168. The molecule has 112 valence electrons. The van der Waals surface area contributed by atoms with Crippen LogP contribution < -0.4 is 14.8 Å². The number of hydrogen-bond donors (Lipinski definition) is 1. The Labute approximate surface area is 124 Å². The second kappa shape index (κ2) is 7.09. The smallest absolute Gasteiger partial charge is 0.165 e. The minimum Gasteiger partial charge on any atom is -0.497 e. The molecule has 2 aromatic rings. The average molecular weight is 289 g/mol. The maximum Gasteiger partial charge on any atom is 0.165 e. The molecule has 0 fully saturated rings. The van der Waals surface area contributed by atoms with Crippen LogP contribution in [0.3, 0.4) is 0 Å². The third-order valence-corrected chi connectivity index (χ3v) is 3.40. The first-order chi connectivity index (χ1) is 10.2. The molecule has 0 saturated carbocycles. The van der Waals surface area contributed by atoms with Gasteiger partial charge in [-0.25, -0.2) is 4.39 Å².